The third-order valence-corrected chi connectivity index (χ3v) is 4.76. The number of unbranched alkanes of at least 4 members (excludes halogenated alkanes) is 3. The van der Waals surface area contributed by atoms with E-state index in [1.165, 1.54) is 25.7 Å². The molecule has 67 valence electrons. The Bertz CT molecular complexity index is 80.5. The zero-order valence-corrected chi connectivity index (χ0v) is 9.85. The van der Waals surface area contributed by atoms with E-state index in [1.54, 1.807) is 0 Å². The molecular weight excluding hydrogens is 195 g/mol. The summed E-state index contributed by atoms with van der Waals surface area (Å²) in [5, 5.41) is 0. The van der Waals surface area contributed by atoms with E-state index in [-0.39, 0.29) is 0 Å². The Morgan fingerprint density at radius 2 is 1.91 bits per heavy atom. The summed E-state index contributed by atoms with van der Waals surface area (Å²) in [5.41, 5.74) is 0. The van der Waals surface area contributed by atoms with Crippen LogP contribution in [0.3, 0.4) is 0 Å². The Balaban J connectivity index is 2.89. The molecule has 0 N–H and O–H groups in total. The van der Waals surface area contributed by atoms with Gasteiger partial charge in [0, 0.05) is 0 Å². The fraction of sp³-hybridized carbons (Fsp3) is 1.00. The molecular formula is C8H18ClOTi. The minimum absolute atomic E-state index is 0.896. The van der Waals surface area contributed by atoms with Gasteiger partial charge in [-0.1, -0.05) is 0 Å². The molecule has 0 atom stereocenters. The second-order valence-corrected chi connectivity index (χ2v) is 7.02. The normalized spacial score (nSPS) is 10.1. The summed E-state index contributed by atoms with van der Waals surface area (Å²) in [6.45, 7) is 5.22. The molecule has 0 aromatic carbocycles. The predicted molar refractivity (Wildman–Crippen MR) is 46.4 cm³/mol. The molecule has 0 aliphatic rings. The molecule has 0 amide bonds. The monoisotopic (exact) mass is 213 g/mol. The van der Waals surface area contributed by atoms with Crippen molar-refractivity contribution in [2.45, 2.75) is 44.3 Å². The van der Waals surface area contributed by atoms with E-state index < -0.39 is 17.2 Å². The molecule has 0 unspecified atom stereocenters. The molecule has 0 spiro atoms. The molecule has 0 aliphatic carbocycles. The van der Waals surface area contributed by atoms with Crippen LogP contribution in [0.25, 0.3) is 0 Å². The zero-order valence-electron chi connectivity index (χ0n) is 7.53. The van der Waals surface area contributed by atoms with Gasteiger partial charge in [0.1, 0.15) is 0 Å². The Morgan fingerprint density at radius 3 is 2.45 bits per heavy atom. The topological polar surface area (TPSA) is 9.23 Å². The van der Waals surface area contributed by atoms with Gasteiger partial charge in [-0.15, -0.1) is 0 Å². The molecule has 0 radical (unpaired) electrons. The van der Waals surface area contributed by atoms with Crippen LogP contribution in [0.4, 0.5) is 0 Å². The summed E-state index contributed by atoms with van der Waals surface area (Å²) in [4.78, 5) is 0. The van der Waals surface area contributed by atoms with Crippen molar-refractivity contribution >= 4 is 9.30 Å². The minimum atomic E-state index is -1.50. The van der Waals surface area contributed by atoms with Crippen LogP contribution in [0.1, 0.15) is 39.5 Å². The first-order valence-electron chi connectivity index (χ1n) is 4.45. The molecule has 0 fully saturated rings. The van der Waals surface area contributed by atoms with Crippen molar-refractivity contribution in [3.63, 3.8) is 0 Å². The maximum atomic E-state index is 5.92. The Kier molecular flexibility index (Phi) is 9.85. The fourth-order valence-electron chi connectivity index (χ4n) is 0.814. The standard InChI is InChI=1S/C6H13O.C2H5.ClH.Ti/c1-2-3-4-5-6-7;1-2;;/h2-6H2,1H3;1H2,2H3;1H;/q-1;;;+2/p-1. The van der Waals surface area contributed by atoms with Crippen LogP contribution in [0.2, 0.25) is 4.73 Å². The molecule has 0 saturated heterocycles. The molecule has 0 rings (SSSR count). The van der Waals surface area contributed by atoms with E-state index >= 15 is 0 Å². The average molecular weight is 214 g/mol. The quantitative estimate of drug-likeness (QED) is 0.463. The Labute approximate surface area is 80.6 Å². The molecule has 0 aliphatic heterocycles. The van der Waals surface area contributed by atoms with Crippen LogP contribution >= 0.6 is 9.30 Å². The molecule has 0 aromatic rings. The average Bonchev–Trinajstić information content (AvgIpc) is 2.04. The van der Waals surface area contributed by atoms with Crippen LogP contribution in [0.5, 0.6) is 0 Å². The molecule has 0 bridgehead atoms. The molecule has 3 heteroatoms. The van der Waals surface area contributed by atoms with Crippen molar-refractivity contribution < 1.29 is 20.5 Å². The van der Waals surface area contributed by atoms with Gasteiger partial charge in [-0.05, 0) is 0 Å². The summed E-state index contributed by atoms with van der Waals surface area (Å²) < 4.78 is 6.53. The van der Waals surface area contributed by atoms with Crippen molar-refractivity contribution in [1.29, 1.82) is 0 Å². The van der Waals surface area contributed by atoms with Crippen molar-refractivity contribution in [1.82, 2.24) is 0 Å². The maximum absolute atomic E-state index is 5.92. The van der Waals surface area contributed by atoms with Crippen LogP contribution in [0, 0.1) is 0 Å². The van der Waals surface area contributed by atoms with Crippen LogP contribution < -0.4 is 0 Å². The van der Waals surface area contributed by atoms with E-state index in [9.17, 15) is 0 Å². The van der Waals surface area contributed by atoms with Gasteiger partial charge in [-0.2, -0.15) is 0 Å². The van der Waals surface area contributed by atoms with E-state index in [4.69, 9.17) is 12.6 Å². The number of hydrogen-bond donors (Lipinski definition) is 0. The summed E-state index contributed by atoms with van der Waals surface area (Å²) >= 11 is -1.50. The Hall–Kier alpha value is 0.964. The summed E-state index contributed by atoms with van der Waals surface area (Å²) in [5.74, 6) is 0. The van der Waals surface area contributed by atoms with Gasteiger partial charge >= 0.3 is 80.7 Å². The predicted octanol–water partition coefficient (Wildman–Crippen LogP) is 3.71. The van der Waals surface area contributed by atoms with Crippen LogP contribution in [0.15, 0.2) is 0 Å². The number of hydrogen-bond acceptors (Lipinski definition) is 1. The molecule has 0 heterocycles. The fourth-order valence-corrected chi connectivity index (χ4v) is 2.02. The van der Waals surface area contributed by atoms with Crippen LogP contribution in [-0.4, -0.2) is 6.61 Å². The first kappa shape index (κ1) is 12.0. The second-order valence-electron chi connectivity index (χ2n) is 2.62. The third-order valence-electron chi connectivity index (χ3n) is 1.53. The van der Waals surface area contributed by atoms with Gasteiger partial charge in [0.25, 0.3) is 0 Å². The van der Waals surface area contributed by atoms with E-state index in [1.807, 2.05) is 0 Å². The van der Waals surface area contributed by atoms with E-state index in [2.05, 4.69) is 13.8 Å². The van der Waals surface area contributed by atoms with Crippen molar-refractivity contribution in [3.05, 3.63) is 0 Å². The van der Waals surface area contributed by atoms with Gasteiger partial charge in [-0.3, -0.25) is 0 Å². The molecule has 0 aromatic heterocycles. The van der Waals surface area contributed by atoms with Gasteiger partial charge in [-0.25, -0.2) is 0 Å². The zero-order chi connectivity index (χ0) is 8.53. The third kappa shape index (κ3) is 8.87. The number of halogens is 1. The first-order valence-corrected chi connectivity index (χ1v) is 8.34. The molecule has 0 saturated carbocycles. The molecule has 11 heavy (non-hydrogen) atoms. The van der Waals surface area contributed by atoms with Gasteiger partial charge in [0.15, 0.2) is 0 Å². The van der Waals surface area contributed by atoms with Crippen molar-refractivity contribution in [3.8, 4) is 0 Å². The first-order chi connectivity index (χ1) is 5.31. The summed E-state index contributed by atoms with van der Waals surface area (Å²) in [6.07, 6.45) is 5.10. The SMILES string of the molecule is CCCCCC[O][Ti]([Cl])[CH2]C. The van der Waals surface area contributed by atoms with Gasteiger partial charge in [0.05, 0.1) is 0 Å². The van der Waals surface area contributed by atoms with Gasteiger partial charge < -0.3 is 0 Å². The second kappa shape index (κ2) is 9.06. The molecule has 1 nitrogen and oxygen atoms in total. The van der Waals surface area contributed by atoms with E-state index in [0.29, 0.717) is 0 Å². The van der Waals surface area contributed by atoms with E-state index in [0.717, 1.165) is 11.3 Å². The van der Waals surface area contributed by atoms with Gasteiger partial charge in [0.2, 0.25) is 0 Å². The Morgan fingerprint density at radius 1 is 1.18 bits per heavy atom. The summed E-state index contributed by atoms with van der Waals surface area (Å²) in [7, 11) is 5.92. The van der Waals surface area contributed by atoms with Crippen LogP contribution in [-0.2, 0) is 20.5 Å². The van der Waals surface area contributed by atoms with Crippen molar-refractivity contribution in [2.24, 2.45) is 0 Å². The number of rotatable bonds is 7. The summed E-state index contributed by atoms with van der Waals surface area (Å²) in [6, 6.07) is 0. The van der Waals surface area contributed by atoms with Crippen molar-refractivity contribution in [2.75, 3.05) is 6.61 Å².